The molecule has 6 heteroatoms. The van der Waals surface area contributed by atoms with Gasteiger partial charge < -0.3 is 5.32 Å². The first-order chi connectivity index (χ1) is 9.60. The van der Waals surface area contributed by atoms with Crippen LogP contribution in [0.4, 0.5) is 0 Å². The number of fused-ring (bicyclic) bond motifs is 1. The lowest BCUT2D eigenvalue weighted by molar-refractivity contribution is 0.284. The van der Waals surface area contributed by atoms with E-state index in [9.17, 15) is 8.42 Å². The first kappa shape index (κ1) is 16.2. The molecule has 0 aliphatic carbocycles. The van der Waals surface area contributed by atoms with Crippen LogP contribution in [0, 0.1) is 0 Å². The predicted molar refractivity (Wildman–Crippen MR) is 87.4 cm³/mol. The Kier molecular flexibility index (Phi) is 4.88. The van der Waals surface area contributed by atoms with E-state index in [4.69, 9.17) is 0 Å². The van der Waals surface area contributed by atoms with E-state index in [1.165, 1.54) is 0 Å². The van der Waals surface area contributed by atoms with Crippen molar-refractivity contribution in [3.8, 4) is 0 Å². The van der Waals surface area contributed by atoms with Gasteiger partial charge in [0.05, 0.1) is 4.90 Å². The molecule has 1 heterocycles. The van der Waals surface area contributed by atoms with Crippen LogP contribution >= 0.6 is 12.4 Å². The third-order valence-corrected chi connectivity index (χ3v) is 5.85. The molecule has 1 aliphatic heterocycles. The van der Waals surface area contributed by atoms with Crippen molar-refractivity contribution in [1.82, 2.24) is 9.62 Å². The molecule has 2 aromatic rings. The normalized spacial score (nSPS) is 20.1. The molecule has 0 spiro atoms. The van der Waals surface area contributed by atoms with Crippen molar-refractivity contribution in [2.24, 2.45) is 0 Å². The van der Waals surface area contributed by atoms with E-state index < -0.39 is 10.0 Å². The van der Waals surface area contributed by atoms with Crippen LogP contribution in [0.15, 0.2) is 47.4 Å². The Morgan fingerprint density at radius 1 is 1.14 bits per heavy atom. The highest BCUT2D eigenvalue weighted by Gasteiger charge is 2.31. The van der Waals surface area contributed by atoms with Crippen molar-refractivity contribution >= 4 is 33.2 Å². The number of halogens is 1. The van der Waals surface area contributed by atoms with E-state index in [0.29, 0.717) is 24.5 Å². The van der Waals surface area contributed by atoms with Crippen molar-refractivity contribution < 1.29 is 8.42 Å². The Morgan fingerprint density at radius 2 is 1.86 bits per heavy atom. The molecule has 1 atom stereocenters. The Morgan fingerprint density at radius 3 is 2.62 bits per heavy atom. The summed E-state index contributed by atoms with van der Waals surface area (Å²) in [5.41, 5.74) is 0. The number of rotatable bonds is 2. The smallest absolute Gasteiger partial charge is 0.244 e. The Hall–Kier alpha value is -1.14. The molecule has 0 saturated carbocycles. The molecular formula is C15H19ClN2O2S. The minimum Gasteiger partial charge on any atom is -0.314 e. The van der Waals surface area contributed by atoms with Gasteiger partial charge in [0.2, 0.25) is 10.0 Å². The van der Waals surface area contributed by atoms with Crippen molar-refractivity contribution in [1.29, 1.82) is 0 Å². The lowest BCUT2D eigenvalue weighted by Crippen LogP contribution is -2.52. The summed E-state index contributed by atoms with van der Waals surface area (Å²) in [6.45, 7) is 3.86. The summed E-state index contributed by atoms with van der Waals surface area (Å²) in [6, 6.07) is 13.0. The number of nitrogens with one attached hydrogen (secondary N) is 1. The summed E-state index contributed by atoms with van der Waals surface area (Å²) >= 11 is 0. The minimum absolute atomic E-state index is 0. The number of nitrogens with zero attached hydrogens (tertiary/aromatic N) is 1. The largest absolute Gasteiger partial charge is 0.314 e. The van der Waals surface area contributed by atoms with Crippen LogP contribution in [0.5, 0.6) is 0 Å². The fraction of sp³-hybridized carbons (Fsp3) is 0.333. The van der Waals surface area contributed by atoms with Crippen LogP contribution in [0.2, 0.25) is 0 Å². The minimum atomic E-state index is -3.44. The van der Waals surface area contributed by atoms with Crippen LogP contribution in [-0.2, 0) is 10.0 Å². The summed E-state index contributed by atoms with van der Waals surface area (Å²) in [4.78, 5) is 0.407. The summed E-state index contributed by atoms with van der Waals surface area (Å²) in [6.07, 6.45) is 0. The number of hydrogen-bond donors (Lipinski definition) is 1. The average molecular weight is 327 g/mol. The zero-order valence-electron chi connectivity index (χ0n) is 11.8. The monoisotopic (exact) mass is 326 g/mol. The lowest BCUT2D eigenvalue weighted by atomic mass is 10.1. The highest BCUT2D eigenvalue weighted by Crippen LogP contribution is 2.27. The molecule has 0 aromatic heterocycles. The van der Waals surface area contributed by atoms with Crippen LogP contribution in [0.25, 0.3) is 10.8 Å². The maximum absolute atomic E-state index is 12.9. The topological polar surface area (TPSA) is 49.4 Å². The molecule has 2 aromatic carbocycles. The van der Waals surface area contributed by atoms with Gasteiger partial charge in [0, 0.05) is 31.1 Å². The number of piperazine rings is 1. The van der Waals surface area contributed by atoms with E-state index in [1.807, 2.05) is 43.3 Å². The van der Waals surface area contributed by atoms with Gasteiger partial charge in [0.25, 0.3) is 0 Å². The molecular weight excluding hydrogens is 308 g/mol. The van der Waals surface area contributed by atoms with Gasteiger partial charge in [-0.05, 0) is 18.4 Å². The molecule has 4 nitrogen and oxygen atoms in total. The zero-order chi connectivity index (χ0) is 14.2. The Bertz CT molecular complexity index is 728. The number of benzene rings is 2. The third kappa shape index (κ3) is 2.92. The molecule has 1 aliphatic rings. The van der Waals surface area contributed by atoms with Crippen LogP contribution in [0.3, 0.4) is 0 Å². The van der Waals surface area contributed by atoms with Gasteiger partial charge >= 0.3 is 0 Å². The van der Waals surface area contributed by atoms with Gasteiger partial charge in [-0.2, -0.15) is 4.31 Å². The highest BCUT2D eigenvalue weighted by molar-refractivity contribution is 7.89. The van der Waals surface area contributed by atoms with E-state index >= 15 is 0 Å². The van der Waals surface area contributed by atoms with Crippen LogP contribution in [-0.4, -0.2) is 38.4 Å². The van der Waals surface area contributed by atoms with Crippen molar-refractivity contribution in [2.75, 3.05) is 19.6 Å². The first-order valence-corrected chi connectivity index (χ1v) is 8.25. The van der Waals surface area contributed by atoms with E-state index in [1.54, 1.807) is 10.4 Å². The summed E-state index contributed by atoms with van der Waals surface area (Å²) < 4.78 is 27.4. The molecule has 1 saturated heterocycles. The van der Waals surface area contributed by atoms with E-state index in [-0.39, 0.29) is 18.4 Å². The molecule has 21 heavy (non-hydrogen) atoms. The Labute approximate surface area is 131 Å². The molecule has 0 unspecified atom stereocenters. The molecule has 0 radical (unpaired) electrons. The average Bonchev–Trinajstić information content (AvgIpc) is 2.47. The molecule has 0 amide bonds. The van der Waals surface area contributed by atoms with Gasteiger partial charge in [-0.15, -0.1) is 12.4 Å². The zero-order valence-corrected chi connectivity index (χ0v) is 13.5. The Balaban J connectivity index is 0.00000161. The van der Waals surface area contributed by atoms with Gasteiger partial charge in [-0.3, -0.25) is 0 Å². The van der Waals surface area contributed by atoms with Crippen LogP contribution < -0.4 is 5.32 Å². The standard InChI is InChI=1S/C15H18N2O2S.ClH/c1-12-11-16-9-10-17(12)20(18,19)15-8-4-6-13-5-2-3-7-14(13)15;/h2-8,12,16H,9-11H2,1H3;1H/t12-;/m0./s1. The van der Waals surface area contributed by atoms with Gasteiger partial charge in [-0.25, -0.2) is 8.42 Å². The number of sulfonamides is 1. The van der Waals surface area contributed by atoms with E-state index in [2.05, 4.69) is 5.32 Å². The predicted octanol–water partition coefficient (Wildman–Crippen LogP) is 2.24. The summed E-state index contributed by atoms with van der Waals surface area (Å²) in [5, 5.41) is 4.97. The second-order valence-corrected chi connectivity index (χ2v) is 7.01. The molecule has 0 bridgehead atoms. The van der Waals surface area contributed by atoms with Crippen LogP contribution in [0.1, 0.15) is 6.92 Å². The second-order valence-electron chi connectivity index (χ2n) is 5.15. The summed E-state index contributed by atoms with van der Waals surface area (Å²) in [5.74, 6) is 0. The second kappa shape index (κ2) is 6.32. The molecule has 1 N–H and O–H groups in total. The lowest BCUT2D eigenvalue weighted by Gasteiger charge is -2.33. The fourth-order valence-corrected chi connectivity index (χ4v) is 4.57. The maximum Gasteiger partial charge on any atom is 0.244 e. The van der Waals surface area contributed by atoms with Gasteiger partial charge in [0.15, 0.2) is 0 Å². The van der Waals surface area contributed by atoms with Crippen molar-refractivity contribution in [3.05, 3.63) is 42.5 Å². The van der Waals surface area contributed by atoms with Crippen molar-refractivity contribution in [2.45, 2.75) is 17.9 Å². The third-order valence-electron chi connectivity index (χ3n) is 3.78. The molecule has 114 valence electrons. The van der Waals surface area contributed by atoms with Gasteiger partial charge in [0.1, 0.15) is 0 Å². The fourth-order valence-electron chi connectivity index (χ4n) is 2.73. The highest BCUT2D eigenvalue weighted by atomic mass is 35.5. The first-order valence-electron chi connectivity index (χ1n) is 6.81. The van der Waals surface area contributed by atoms with E-state index in [0.717, 1.165) is 10.8 Å². The van der Waals surface area contributed by atoms with Gasteiger partial charge in [-0.1, -0.05) is 36.4 Å². The quantitative estimate of drug-likeness (QED) is 0.921. The van der Waals surface area contributed by atoms with Crippen molar-refractivity contribution in [3.63, 3.8) is 0 Å². The summed E-state index contributed by atoms with van der Waals surface area (Å²) in [7, 11) is -3.44. The SMILES string of the molecule is C[C@H]1CNCCN1S(=O)(=O)c1cccc2ccccc12.Cl. The molecule has 1 fully saturated rings. The number of hydrogen-bond acceptors (Lipinski definition) is 3. The maximum atomic E-state index is 12.9. The molecule has 3 rings (SSSR count).